The minimum absolute atomic E-state index is 0.173. The summed E-state index contributed by atoms with van der Waals surface area (Å²) in [6.07, 6.45) is -4.69. The first-order valence-electron chi connectivity index (χ1n) is 7.88. The van der Waals surface area contributed by atoms with Crippen molar-refractivity contribution in [3.8, 4) is 17.1 Å². The van der Waals surface area contributed by atoms with Gasteiger partial charge in [-0.3, -0.25) is 4.79 Å². The Morgan fingerprint density at radius 1 is 1.14 bits per heavy atom. The van der Waals surface area contributed by atoms with Crippen LogP contribution in [-0.4, -0.2) is 34.2 Å². The van der Waals surface area contributed by atoms with E-state index in [9.17, 15) is 18.0 Å². The van der Waals surface area contributed by atoms with E-state index in [1.54, 1.807) is 30.3 Å². The van der Waals surface area contributed by atoms with E-state index >= 15 is 0 Å². The Kier molecular flexibility index (Phi) is 5.93. The SMILES string of the molecule is O=C(NCCOc1ccc(-c2noc(C(F)(F)F)n2)cc1)c1cccc(Br)n1. The first-order valence-corrected chi connectivity index (χ1v) is 8.67. The van der Waals surface area contributed by atoms with Crippen molar-refractivity contribution in [3.05, 3.63) is 58.7 Å². The highest BCUT2D eigenvalue weighted by Crippen LogP contribution is 2.29. The lowest BCUT2D eigenvalue weighted by molar-refractivity contribution is -0.159. The molecule has 0 atom stereocenters. The summed E-state index contributed by atoms with van der Waals surface area (Å²) in [5.74, 6) is -1.44. The van der Waals surface area contributed by atoms with Crippen LogP contribution in [0.25, 0.3) is 11.4 Å². The fourth-order valence-electron chi connectivity index (χ4n) is 2.11. The second kappa shape index (κ2) is 8.38. The molecule has 0 radical (unpaired) electrons. The summed E-state index contributed by atoms with van der Waals surface area (Å²) in [7, 11) is 0. The Hall–Kier alpha value is -2.95. The third kappa shape index (κ3) is 5.06. The zero-order valence-corrected chi connectivity index (χ0v) is 15.6. The standard InChI is InChI=1S/C17H12BrF3N4O3/c18-13-3-1-2-12(23-13)15(26)22-8-9-27-11-6-4-10(5-7-11)14-24-16(28-25-14)17(19,20)21/h1-7H,8-9H2,(H,22,26). The summed E-state index contributed by atoms with van der Waals surface area (Å²) in [6, 6.07) is 11.1. The molecule has 0 fully saturated rings. The maximum Gasteiger partial charge on any atom is 0.471 e. The van der Waals surface area contributed by atoms with Crippen LogP contribution in [-0.2, 0) is 6.18 Å². The molecule has 1 aromatic carbocycles. The number of pyridine rings is 1. The zero-order valence-electron chi connectivity index (χ0n) is 14.0. The maximum absolute atomic E-state index is 12.5. The van der Waals surface area contributed by atoms with Crippen molar-refractivity contribution in [1.82, 2.24) is 20.4 Å². The zero-order chi connectivity index (χ0) is 20.1. The smallest absolute Gasteiger partial charge is 0.471 e. The van der Waals surface area contributed by atoms with E-state index in [-0.39, 0.29) is 30.6 Å². The number of carbonyl (C=O) groups excluding carboxylic acids is 1. The third-order valence-corrected chi connectivity index (χ3v) is 3.83. The monoisotopic (exact) mass is 456 g/mol. The van der Waals surface area contributed by atoms with Gasteiger partial charge < -0.3 is 14.6 Å². The van der Waals surface area contributed by atoms with Gasteiger partial charge in [0.05, 0.1) is 6.54 Å². The van der Waals surface area contributed by atoms with Gasteiger partial charge in [0, 0.05) is 5.56 Å². The topological polar surface area (TPSA) is 90.1 Å². The summed E-state index contributed by atoms with van der Waals surface area (Å²) in [6.45, 7) is 0.439. The van der Waals surface area contributed by atoms with Crippen LogP contribution in [0.4, 0.5) is 13.2 Å². The van der Waals surface area contributed by atoms with Gasteiger partial charge in [0.1, 0.15) is 22.7 Å². The van der Waals surface area contributed by atoms with Gasteiger partial charge in [0.15, 0.2) is 0 Å². The fraction of sp³-hybridized carbons (Fsp3) is 0.176. The van der Waals surface area contributed by atoms with Gasteiger partial charge in [-0.05, 0) is 52.3 Å². The molecule has 0 aliphatic rings. The lowest BCUT2D eigenvalue weighted by Gasteiger charge is -2.08. The summed E-state index contributed by atoms with van der Waals surface area (Å²) < 4.78 is 47.7. The molecule has 11 heteroatoms. The van der Waals surface area contributed by atoms with Gasteiger partial charge in [0.2, 0.25) is 5.82 Å². The summed E-state index contributed by atoms with van der Waals surface area (Å²) in [5.41, 5.74) is 0.623. The molecule has 3 aromatic rings. The van der Waals surface area contributed by atoms with Gasteiger partial charge >= 0.3 is 12.1 Å². The minimum atomic E-state index is -4.69. The third-order valence-electron chi connectivity index (χ3n) is 3.39. The van der Waals surface area contributed by atoms with Crippen molar-refractivity contribution in [3.63, 3.8) is 0 Å². The first kappa shape index (κ1) is 19.8. The molecule has 0 saturated carbocycles. The number of carbonyl (C=O) groups is 1. The molecule has 0 aliphatic heterocycles. The second-order valence-electron chi connectivity index (χ2n) is 5.40. The van der Waals surface area contributed by atoms with Gasteiger partial charge in [-0.15, -0.1) is 0 Å². The van der Waals surface area contributed by atoms with Gasteiger partial charge in [-0.25, -0.2) is 4.98 Å². The molecule has 28 heavy (non-hydrogen) atoms. The van der Waals surface area contributed by atoms with Crippen molar-refractivity contribution in [2.75, 3.05) is 13.2 Å². The van der Waals surface area contributed by atoms with Crippen LogP contribution in [0.15, 0.2) is 51.6 Å². The van der Waals surface area contributed by atoms with E-state index in [0.717, 1.165) is 0 Å². The molecule has 1 amide bonds. The Morgan fingerprint density at radius 3 is 2.54 bits per heavy atom. The number of aromatic nitrogens is 3. The molecule has 7 nitrogen and oxygen atoms in total. The number of alkyl halides is 3. The van der Waals surface area contributed by atoms with E-state index in [1.807, 2.05) is 0 Å². The van der Waals surface area contributed by atoms with Crippen molar-refractivity contribution in [1.29, 1.82) is 0 Å². The predicted molar refractivity (Wildman–Crippen MR) is 94.5 cm³/mol. The number of halogens is 4. The predicted octanol–water partition coefficient (Wildman–Crippen LogP) is 3.72. The average Bonchev–Trinajstić information content (AvgIpc) is 3.16. The Labute approximate surface area is 165 Å². The number of ether oxygens (including phenoxy) is 1. The fourth-order valence-corrected chi connectivity index (χ4v) is 2.46. The molecular formula is C17H12BrF3N4O3. The number of hydrogen-bond acceptors (Lipinski definition) is 6. The molecule has 146 valence electrons. The summed E-state index contributed by atoms with van der Waals surface area (Å²) >= 11 is 3.19. The van der Waals surface area contributed by atoms with Crippen molar-refractivity contribution >= 4 is 21.8 Å². The van der Waals surface area contributed by atoms with Crippen LogP contribution in [0, 0.1) is 0 Å². The number of nitrogens with one attached hydrogen (secondary N) is 1. The van der Waals surface area contributed by atoms with Gasteiger partial charge in [-0.1, -0.05) is 11.2 Å². The molecule has 1 N–H and O–H groups in total. The van der Waals surface area contributed by atoms with Crippen LogP contribution in [0.5, 0.6) is 5.75 Å². The Balaban J connectivity index is 1.49. The number of rotatable bonds is 6. The largest absolute Gasteiger partial charge is 0.492 e. The van der Waals surface area contributed by atoms with Crippen molar-refractivity contribution in [2.24, 2.45) is 0 Å². The minimum Gasteiger partial charge on any atom is -0.492 e. The van der Waals surface area contributed by atoms with E-state index in [1.165, 1.54) is 12.1 Å². The van der Waals surface area contributed by atoms with E-state index < -0.39 is 12.1 Å². The summed E-state index contributed by atoms with van der Waals surface area (Å²) in [5, 5.41) is 5.97. The molecular weight excluding hydrogens is 445 g/mol. The van der Waals surface area contributed by atoms with E-state index in [4.69, 9.17) is 4.74 Å². The van der Waals surface area contributed by atoms with E-state index in [2.05, 4.69) is 40.9 Å². The summed E-state index contributed by atoms with van der Waals surface area (Å²) in [4.78, 5) is 19.3. The van der Waals surface area contributed by atoms with Crippen LogP contribution in [0.2, 0.25) is 0 Å². The molecule has 0 aliphatic carbocycles. The van der Waals surface area contributed by atoms with Crippen LogP contribution in [0.3, 0.4) is 0 Å². The van der Waals surface area contributed by atoms with Crippen molar-refractivity contribution < 1.29 is 27.2 Å². The Morgan fingerprint density at radius 2 is 1.89 bits per heavy atom. The first-order chi connectivity index (χ1) is 13.3. The molecule has 2 heterocycles. The molecule has 2 aromatic heterocycles. The van der Waals surface area contributed by atoms with Crippen molar-refractivity contribution in [2.45, 2.75) is 6.18 Å². The molecule has 0 unspecified atom stereocenters. The number of benzene rings is 1. The molecule has 0 spiro atoms. The maximum atomic E-state index is 12.5. The molecule has 3 rings (SSSR count). The highest BCUT2D eigenvalue weighted by Gasteiger charge is 2.38. The second-order valence-corrected chi connectivity index (χ2v) is 6.21. The molecule has 0 saturated heterocycles. The lowest BCUT2D eigenvalue weighted by Crippen LogP contribution is -2.28. The number of amides is 1. The van der Waals surface area contributed by atoms with Crippen LogP contribution >= 0.6 is 15.9 Å². The van der Waals surface area contributed by atoms with E-state index in [0.29, 0.717) is 15.9 Å². The number of nitrogens with zero attached hydrogens (tertiary/aromatic N) is 3. The highest BCUT2D eigenvalue weighted by molar-refractivity contribution is 9.10. The Bertz CT molecular complexity index is 961. The average molecular weight is 457 g/mol. The highest BCUT2D eigenvalue weighted by atomic mass is 79.9. The quantitative estimate of drug-likeness (QED) is 0.449. The lowest BCUT2D eigenvalue weighted by atomic mass is 10.2. The number of hydrogen-bond donors (Lipinski definition) is 1. The van der Waals surface area contributed by atoms with Crippen LogP contribution in [0.1, 0.15) is 16.4 Å². The van der Waals surface area contributed by atoms with Gasteiger partial charge in [0.25, 0.3) is 5.91 Å². The van der Waals surface area contributed by atoms with Gasteiger partial charge in [-0.2, -0.15) is 18.2 Å². The normalized spacial score (nSPS) is 11.3. The van der Waals surface area contributed by atoms with Crippen LogP contribution < -0.4 is 10.1 Å². The molecule has 0 bridgehead atoms.